The Bertz CT molecular complexity index is 2710. The standard InChI is InChI=1S/C55H45N/c1-2-14-36(15-3-1)56-53-25-13-10-22-44(53)45-29-27-35(31-54(45)56)34-26-28-43-41-20-8-11-23-49(41)55(51(43)30-34)50-24-12-9-21-42(50)48-32-46-39-18-6-4-16-37(39)38-17-5-7-19-40(38)47(46)33-52(48)55/h1-12,14,16-24,29-32,35-36,44,47,53H,13,15,25-28,33H2. The number of fused-ring (bicyclic) bond motifs is 17. The molecule has 56 heavy (non-hydrogen) atoms. The fraction of sp³-hybridized carbons (Fsp3) is 0.236. The lowest BCUT2D eigenvalue weighted by Crippen LogP contribution is -2.40. The van der Waals surface area contributed by atoms with Crippen molar-refractivity contribution in [2.45, 2.75) is 68.4 Å². The largest absolute Gasteiger partial charge is 0.361 e. The third kappa shape index (κ3) is 4.06. The van der Waals surface area contributed by atoms with Crippen LogP contribution in [0, 0.1) is 11.8 Å². The van der Waals surface area contributed by atoms with E-state index in [2.05, 4.69) is 163 Å². The highest BCUT2D eigenvalue weighted by Crippen LogP contribution is 2.67. The van der Waals surface area contributed by atoms with Crippen molar-refractivity contribution in [1.82, 2.24) is 4.90 Å². The molecule has 0 radical (unpaired) electrons. The van der Waals surface area contributed by atoms with Crippen LogP contribution in [0.5, 0.6) is 0 Å². The Kier molecular flexibility index (Phi) is 6.58. The van der Waals surface area contributed by atoms with Crippen LogP contribution in [0.3, 0.4) is 0 Å². The van der Waals surface area contributed by atoms with E-state index in [1.807, 2.05) is 0 Å². The van der Waals surface area contributed by atoms with Gasteiger partial charge in [0.1, 0.15) is 0 Å². The number of rotatable bonds is 2. The molecule has 1 spiro atoms. The topological polar surface area (TPSA) is 3.24 Å². The minimum absolute atomic E-state index is 0.279. The second-order valence-corrected chi connectivity index (χ2v) is 17.5. The maximum atomic E-state index is 2.84. The zero-order chi connectivity index (χ0) is 36.5. The molecule has 6 unspecified atom stereocenters. The molecule has 1 nitrogen and oxygen atoms in total. The lowest BCUT2D eigenvalue weighted by atomic mass is 9.62. The van der Waals surface area contributed by atoms with Crippen molar-refractivity contribution in [2.75, 3.05) is 0 Å². The minimum atomic E-state index is -0.279. The van der Waals surface area contributed by atoms with Crippen LogP contribution in [0.1, 0.15) is 84.2 Å². The van der Waals surface area contributed by atoms with E-state index in [9.17, 15) is 0 Å². The third-order valence-electron chi connectivity index (χ3n) is 15.1. The summed E-state index contributed by atoms with van der Waals surface area (Å²) in [6.45, 7) is 0. The number of hydrogen-bond donors (Lipinski definition) is 0. The number of likely N-dealkylation sites (tertiary alicyclic amines) is 1. The highest BCUT2D eigenvalue weighted by Gasteiger charge is 2.55. The molecule has 4 aromatic carbocycles. The summed E-state index contributed by atoms with van der Waals surface area (Å²) in [7, 11) is 0. The first-order chi connectivity index (χ1) is 27.8. The molecule has 1 aliphatic heterocycles. The lowest BCUT2D eigenvalue weighted by molar-refractivity contribution is 0.214. The van der Waals surface area contributed by atoms with E-state index in [1.165, 1.54) is 74.2 Å². The SMILES string of the molecule is C1=CCC(N2C3=CC(C4=CC5=C(CC4)c4ccccc4C54C5=C(C=C6c7ccccc7-c7ccccc7C6C5)c5ccccc54)CC=C3C3C=CCCC32)C=C1. The molecule has 8 aliphatic carbocycles. The van der Waals surface area contributed by atoms with Gasteiger partial charge in [0.05, 0.1) is 11.5 Å². The summed E-state index contributed by atoms with van der Waals surface area (Å²) in [6, 6.07) is 38.3. The van der Waals surface area contributed by atoms with Crippen LogP contribution in [-0.2, 0) is 5.41 Å². The van der Waals surface area contributed by atoms with Crippen LogP contribution >= 0.6 is 0 Å². The Morgan fingerprint density at radius 3 is 2.27 bits per heavy atom. The van der Waals surface area contributed by atoms with Gasteiger partial charge in [-0.1, -0.05) is 157 Å². The molecule has 1 heteroatoms. The normalized spacial score (nSPS) is 29.6. The van der Waals surface area contributed by atoms with Gasteiger partial charge in [-0.15, -0.1) is 0 Å². The van der Waals surface area contributed by atoms with Crippen molar-refractivity contribution >= 4 is 16.7 Å². The predicted octanol–water partition coefficient (Wildman–Crippen LogP) is 12.8. The van der Waals surface area contributed by atoms with Gasteiger partial charge in [-0.3, -0.25) is 0 Å². The molecular weight excluding hydrogens is 675 g/mol. The van der Waals surface area contributed by atoms with Gasteiger partial charge in [-0.25, -0.2) is 0 Å². The van der Waals surface area contributed by atoms with Crippen LogP contribution in [0.15, 0.2) is 186 Å². The second-order valence-electron chi connectivity index (χ2n) is 17.5. The van der Waals surface area contributed by atoms with Gasteiger partial charge in [0, 0.05) is 29.5 Å². The zero-order valence-electron chi connectivity index (χ0n) is 31.8. The van der Waals surface area contributed by atoms with E-state index in [-0.39, 0.29) is 5.41 Å². The van der Waals surface area contributed by atoms with Gasteiger partial charge in [0.15, 0.2) is 0 Å². The maximum Gasteiger partial charge on any atom is 0.0685 e. The molecule has 1 fully saturated rings. The molecule has 0 amide bonds. The van der Waals surface area contributed by atoms with E-state index in [1.54, 1.807) is 27.9 Å². The molecule has 13 rings (SSSR count). The van der Waals surface area contributed by atoms with E-state index in [0.29, 0.717) is 29.8 Å². The highest BCUT2D eigenvalue weighted by molar-refractivity contribution is 6.04. The Morgan fingerprint density at radius 1 is 0.643 bits per heavy atom. The van der Waals surface area contributed by atoms with Crippen LogP contribution in [0.2, 0.25) is 0 Å². The van der Waals surface area contributed by atoms with E-state index in [4.69, 9.17) is 0 Å². The van der Waals surface area contributed by atoms with Crippen molar-refractivity contribution < 1.29 is 0 Å². The van der Waals surface area contributed by atoms with E-state index >= 15 is 0 Å². The fourth-order valence-corrected chi connectivity index (χ4v) is 12.9. The van der Waals surface area contributed by atoms with Gasteiger partial charge in [0.2, 0.25) is 0 Å². The van der Waals surface area contributed by atoms with Crippen molar-refractivity contribution in [3.63, 3.8) is 0 Å². The van der Waals surface area contributed by atoms with Gasteiger partial charge >= 0.3 is 0 Å². The van der Waals surface area contributed by atoms with Crippen molar-refractivity contribution in [3.05, 3.63) is 219 Å². The molecule has 0 aromatic heterocycles. The third-order valence-corrected chi connectivity index (χ3v) is 15.1. The monoisotopic (exact) mass is 719 g/mol. The highest BCUT2D eigenvalue weighted by atomic mass is 15.2. The number of nitrogens with zero attached hydrogens (tertiary/aromatic N) is 1. The Labute approximate surface area is 330 Å². The summed E-state index contributed by atoms with van der Waals surface area (Å²) in [5, 5.41) is 0. The molecule has 0 N–H and O–H groups in total. The van der Waals surface area contributed by atoms with Crippen molar-refractivity contribution in [3.8, 4) is 11.1 Å². The number of allylic oxidation sites excluding steroid dienone is 14. The smallest absolute Gasteiger partial charge is 0.0685 e. The van der Waals surface area contributed by atoms with Gasteiger partial charge < -0.3 is 4.90 Å². The van der Waals surface area contributed by atoms with Crippen molar-refractivity contribution in [2.24, 2.45) is 11.8 Å². The molecule has 6 atom stereocenters. The summed E-state index contributed by atoms with van der Waals surface area (Å²) in [6.07, 6.45) is 32.9. The fourth-order valence-electron chi connectivity index (χ4n) is 12.9. The quantitative estimate of drug-likeness (QED) is 0.186. The first-order valence-corrected chi connectivity index (χ1v) is 21.3. The number of benzene rings is 4. The van der Waals surface area contributed by atoms with Crippen LogP contribution in [-0.4, -0.2) is 17.0 Å². The lowest BCUT2D eigenvalue weighted by Gasteiger charge is -2.40. The molecule has 1 heterocycles. The summed E-state index contributed by atoms with van der Waals surface area (Å²) in [5.74, 6) is 1.28. The summed E-state index contributed by atoms with van der Waals surface area (Å²) in [5.41, 5.74) is 23.7. The first kappa shape index (κ1) is 31.5. The van der Waals surface area contributed by atoms with E-state index in [0.717, 1.165) is 32.1 Å². The van der Waals surface area contributed by atoms with Gasteiger partial charge in [0.25, 0.3) is 0 Å². The average Bonchev–Trinajstić information content (AvgIpc) is 3.87. The molecular formula is C55H45N. The van der Waals surface area contributed by atoms with Crippen LogP contribution < -0.4 is 0 Å². The molecule has 9 aliphatic rings. The first-order valence-electron chi connectivity index (χ1n) is 21.3. The summed E-state index contributed by atoms with van der Waals surface area (Å²) >= 11 is 0. The summed E-state index contributed by atoms with van der Waals surface area (Å²) in [4.78, 5) is 2.84. The van der Waals surface area contributed by atoms with Crippen LogP contribution in [0.25, 0.3) is 27.8 Å². The zero-order valence-corrected chi connectivity index (χ0v) is 31.8. The van der Waals surface area contributed by atoms with Crippen molar-refractivity contribution in [1.29, 1.82) is 0 Å². The van der Waals surface area contributed by atoms with E-state index < -0.39 is 0 Å². The Morgan fingerprint density at radius 2 is 1.41 bits per heavy atom. The van der Waals surface area contributed by atoms with Gasteiger partial charge in [-0.05, 0) is 129 Å². The molecule has 1 saturated heterocycles. The molecule has 0 saturated carbocycles. The average molecular weight is 720 g/mol. The molecule has 4 aromatic rings. The minimum Gasteiger partial charge on any atom is -0.361 e. The Balaban J connectivity index is 0.987. The second kappa shape index (κ2) is 11.7. The maximum absolute atomic E-state index is 2.84. The molecule has 270 valence electrons. The Hall–Kier alpha value is -5.66. The van der Waals surface area contributed by atoms with Crippen LogP contribution in [0.4, 0.5) is 0 Å². The summed E-state index contributed by atoms with van der Waals surface area (Å²) < 4.78 is 0. The van der Waals surface area contributed by atoms with Gasteiger partial charge in [-0.2, -0.15) is 0 Å². The molecule has 0 bridgehead atoms. The number of hydrogen-bond acceptors (Lipinski definition) is 1. The predicted molar refractivity (Wildman–Crippen MR) is 230 cm³/mol.